The van der Waals surface area contributed by atoms with Crippen molar-refractivity contribution >= 4 is 44.1 Å². The van der Waals surface area contributed by atoms with Crippen LogP contribution in [0, 0.1) is 10.1 Å². The Kier molecular flexibility index (Phi) is 2.58. The van der Waals surface area contributed by atoms with Crippen LogP contribution in [0.5, 0.6) is 0 Å². The van der Waals surface area contributed by atoms with E-state index in [0.717, 1.165) is 0 Å². The van der Waals surface area contributed by atoms with Gasteiger partial charge in [-0.25, -0.2) is 4.98 Å². The van der Waals surface area contributed by atoms with Crippen LogP contribution in [-0.4, -0.2) is 9.91 Å². The Labute approximate surface area is 98.2 Å². The zero-order chi connectivity index (χ0) is 11.0. The number of aromatic nitrogens is 1. The molecule has 1 aromatic carbocycles. The first kappa shape index (κ1) is 10.3. The summed E-state index contributed by atoms with van der Waals surface area (Å²) in [6, 6.07) is 6.16. The Balaban J connectivity index is 2.78. The fourth-order valence-electron chi connectivity index (χ4n) is 1.26. The van der Waals surface area contributed by atoms with Crippen molar-refractivity contribution in [1.82, 2.24) is 4.98 Å². The largest absolute Gasteiger partial charge is 0.271 e. The Hall–Kier alpha value is -1.20. The van der Waals surface area contributed by atoms with Crippen molar-refractivity contribution in [3.05, 3.63) is 44.0 Å². The van der Waals surface area contributed by atoms with Crippen LogP contribution in [0.25, 0.3) is 10.9 Å². The highest BCUT2D eigenvalue weighted by Gasteiger charge is 2.10. The van der Waals surface area contributed by atoms with E-state index in [9.17, 15) is 10.1 Å². The zero-order valence-electron chi connectivity index (χ0n) is 7.28. The number of halogens is 2. The van der Waals surface area contributed by atoms with Gasteiger partial charge in [0.2, 0.25) is 0 Å². The number of nitro benzene ring substituents is 1. The third-order valence-electron chi connectivity index (χ3n) is 1.91. The number of nitrogens with zero attached hydrogens (tertiary/aromatic N) is 2. The second-order valence-electron chi connectivity index (χ2n) is 2.89. The number of pyridine rings is 1. The first-order valence-electron chi connectivity index (χ1n) is 3.98. The van der Waals surface area contributed by atoms with Gasteiger partial charge in [0, 0.05) is 17.5 Å². The predicted molar refractivity (Wildman–Crippen MR) is 61.1 cm³/mol. The maximum absolute atomic E-state index is 10.6. The average Bonchev–Trinajstić information content (AvgIpc) is 2.18. The first-order valence-corrected chi connectivity index (χ1v) is 5.15. The number of non-ortho nitro benzene ring substituents is 1. The summed E-state index contributed by atoms with van der Waals surface area (Å²) >= 11 is 8.95. The van der Waals surface area contributed by atoms with Crippen molar-refractivity contribution in [3.8, 4) is 0 Å². The molecule has 1 heterocycles. The molecule has 76 valence electrons. The molecule has 0 N–H and O–H groups in total. The molecule has 4 nitrogen and oxygen atoms in total. The zero-order valence-corrected chi connectivity index (χ0v) is 9.62. The molecular weight excluding hydrogens is 283 g/mol. The third-order valence-corrected chi connectivity index (χ3v) is 2.72. The minimum Gasteiger partial charge on any atom is -0.258 e. The van der Waals surface area contributed by atoms with E-state index in [1.54, 1.807) is 12.1 Å². The lowest BCUT2D eigenvalue weighted by Gasteiger charge is -2.00. The van der Waals surface area contributed by atoms with Gasteiger partial charge in [0.25, 0.3) is 5.69 Å². The Bertz CT molecular complexity index is 559. The van der Waals surface area contributed by atoms with Crippen LogP contribution in [0.15, 0.2) is 28.7 Å². The molecule has 0 amide bonds. The molecule has 0 radical (unpaired) electrons. The number of fused-ring (bicyclic) bond motifs is 1. The summed E-state index contributed by atoms with van der Waals surface area (Å²) in [7, 11) is 0. The summed E-state index contributed by atoms with van der Waals surface area (Å²) in [5, 5.41) is 11.6. The molecule has 0 aliphatic rings. The summed E-state index contributed by atoms with van der Waals surface area (Å²) in [6.07, 6.45) is 0. The van der Waals surface area contributed by atoms with E-state index in [4.69, 9.17) is 11.6 Å². The maximum Gasteiger partial charge on any atom is 0.271 e. The maximum atomic E-state index is 10.6. The van der Waals surface area contributed by atoms with Crippen molar-refractivity contribution in [1.29, 1.82) is 0 Å². The van der Waals surface area contributed by atoms with Gasteiger partial charge in [0.1, 0.15) is 5.15 Å². The van der Waals surface area contributed by atoms with Gasteiger partial charge in [-0.15, -0.1) is 0 Å². The summed E-state index contributed by atoms with van der Waals surface area (Å²) in [4.78, 5) is 14.2. The lowest BCUT2D eigenvalue weighted by molar-refractivity contribution is -0.384. The molecule has 6 heteroatoms. The lowest BCUT2D eigenvalue weighted by Crippen LogP contribution is -1.89. The van der Waals surface area contributed by atoms with Crippen molar-refractivity contribution in [3.63, 3.8) is 0 Å². The molecule has 0 saturated carbocycles. The van der Waals surface area contributed by atoms with Gasteiger partial charge in [0.15, 0.2) is 0 Å². The van der Waals surface area contributed by atoms with Gasteiger partial charge < -0.3 is 0 Å². The molecule has 2 aromatic rings. The number of hydrogen-bond donors (Lipinski definition) is 0. The van der Waals surface area contributed by atoms with Gasteiger partial charge in [-0.05, 0) is 28.1 Å². The quantitative estimate of drug-likeness (QED) is 0.458. The normalized spacial score (nSPS) is 10.5. The lowest BCUT2D eigenvalue weighted by atomic mass is 10.2. The average molecular weight is 288 g/mol. The minimum atomic E-state index is -0.446. The van der Waals surface area contributed by atoms with Crippen LogP contribution >= 0.6 is 27.5 Å². The van der Waals surface area contributed by atoms with E-state index < -0.39 is 4.92 Å². The molecule has 0 aliphatic heterocycles. The Morgan fingerprint density at radius 2 is 2.13 bits per heavy atom. The van der Waals surface area contributed by atoms with Crippen LogP contribution < -0.4 is 0 Å². The van der Waals surface area contributed by atoms with Gasteiger partial charge in [-0.1, -0.05) is 11.6 Å². The molecule has 15 heavy (non-hydrogen) atoms. The molecule has 0 unspecified atom stereocenters. The molecule has 0 fully saturated rings. The van der Waals surface area contributed by atoms with Crippen LogP contribution in [0.4, 0.5) is 5.69 Å². The number of rotatable bonds is 1. The number of benzene rings is 1. The van der Waals surface area contributed by atoms with Crippen LogP contribution in [0.2, 0.25) is 5.15 Å². The van der Waals surface area contributed by atoms with Gasteiger partial charge in [0.05, 0.1) is 14.9 Å². The van der Waals surface area contributed by atoms with Crippen molar-refractivity contribution < 1.29 is 4.92 Å². The molecule has 0 saturated heterocycles. The highest BCUT2D eigenvalue weighted by molar-refractivity contribution is 9.10. The summed E-state index contributed by atoms with van der Waals surface area (Å²) in [6.45, 7) is 0. The fourth-order valence-corrected chi connectivity index (χ4v) is 1.96. The van der Waals surface area contributed by atoms with E-state index in [1.165, 1.54) is 12.1 Å². The van der Waals surface area contributed by atoms with E-state index >= 15 is 0 Å². The third kappa shape index (κ3) is 1.93. The van der Waals surface area contributed by atoms with Crippen LogP contribution in [0.3, 0.4) is 0 Å². The highest BCUT2D eigenvalue weighted by atomic mass is 79.9. The monoisotopic (exact) mass is 286 g/mol. The highest BCUT2D eigenvalue weighted by Crippen LogP contribution is 2.28. The van der Waals surface area contributed by atoms with Crippen molar-refractivity contribution in [2.45, 2.75) is 0 Å². The molecular formula is C9H4BrClN2O2. The van der Waals surface area contributed by atoms with E-state index in [0.29, 0.717) is 20.5 Å². The standard InChI is InChI=1S/C9H4BrClN2O2/c10-7-4-6(13(14)15)3-5-1-2-8(11)12-9(5)7/h1-4H. The summed E-state index contributed by atoms with van der Waals surface area (Å²) in [5.74, 6) is 0. The molecule has 1 aromatic heterocycles. The number of nitro groups is 1. The smallest absolute Gasteiger partial charge is 0.258 e. The van der Waals surface area contributed by atoms with Gasteiger partial charge in [-0.2, -0.15) is 0 Å². The minimum absolute atomic E-state index is 0.0264. The van der Waals surface area contributed by atoms with Crippen molar-refractivity contribution in [2.24, 2.45) is 0 Å². The Morgan fingerprint density at radius 1 is 1.40 bits per heavy atom. The molecule has 0 atom stereocenters. The fraction of sp³-hybridized carbons (Fsp3) is 0. The number of hydrogen-bond acceptors (Lipinski definition) is 3. The van der Waals surface area contributed by atoms with E-state index in [1.807, 2.05) is 0 Å². The van der Waals surface area contributed by atoms with Gasteiger partial charge >= 0.3 is 0 Å². The summed E-state index contributed by atoms with van der Waals surface area (Å²) < 4.78 is 0.564. The van der Waals surface area contributed by atoms with Gasteiger partial charge in [-0.3, -0.25) is 10.1 Å². The summed E-state index contributed by atoms with van der Waals surface area (Å²) in [5.41, 5.74) is 0.645. The van der Waals surface area contributed by atoms with Crippen molar-refractivity contribution in [2.75, 3.05) is 0 Å². The molecule has 0 spiro atoms. The Morgan fingerprint density at radius 3 is 2.80 bits per heavy atom. The molecule has 2 rings (SSSR count). The molecule has 0 aliphatic carbocycles. The van der Waals surface area contributed by atoms with E-state index in [2.05, 4.69) is 20.9 Å². The second-order valence-corrected chi connectivity index (χ2v) is 4.13. The molecule has 0 bridgehead atoms. The second kappa shape index (κ2) is 3.75. The predicted octanol–water partition coefficient (Wildman–Crippen LogP) is 3.56. The topological polar surface area (TPSA) is 56.0 Å². The van der Waals surface area contributed by atoms with E-state index in [-0.39, 0.29) is 5.69 Å². The van der Waals surface area contributed by atoms with Crippen LogP contribution in [0.1, 0.15) is 0 Å². The first-order chi connectivity index (χ1) is 7.08. The SMILES string of the molecule is O=[N+]([O-])c1cc(Br)c2nc(Cl)ccc2c1. The van der Waals surface area contributed by atoms with Crippen LogP contribution in [-0.2, 0) is 0 Å².